The molecule has 0 spiro atoms. The van der Waals surface area contributed by atoms with Crippen molar-refractivity contribution < 1.29 is 4.74 Å². The van der Waals surface area contributed by atoms with Crippen molar-refractivity contribution in [1.29, 1.82) is 0 Å². The average Bonchev–Trinajstić information content (AvgIpc) is 2.36. The van der Waals surface area contributed by atoms with Gasteiger partial charge in [-0.2, -0.15) is 0 Å². The molecule has 0 aliphatic carbocycles. The smallest absolute Gasteiger partial charge is 0.0471 e. The van der Waals surface area contributed by atoms with E-state index in [-0.39, 0.29) is 5.41 Å². The Balaban J connectivity index is 2.92. The Morgan fingerprint density at radius 3 is 2.44 bits per heavy atom. The number of nitrogens with one attached hydrogen (secondary N) is 1. The minimum Gasteiger partial charge on any atom is -0.385 e. The molecule has 2 nitrogen and oxygen atoms in total. The van der Waals surface area contributed by atoms with Crippen LogP contribution in [0.5, 0.6) is 0 Å². The van der Waals surface area contributed by atoms with Crippen LogP contribution in [-0.4, -0.2) is 27.3 Å². The molecule has 1 rings (SSSR count). The molecule has 2 heteroatoms. The van der Waals surface area contributed by atoms with Gasteiger partial charge in [-0.15, -0.1) is 0 Å². The van der Waals surface area contributed by atoms with Crippen molar-refractivity contribution in [3.8, 4) is 0 Å². The van der Waals surface area contributed by atoms with E-state index in [9.17, 15) is 0 Å². The van der Waals surface area contributed by atoms with Gasteiger partial charge in [0, 0.05) is 25.7 Å². The quantitative estimate of drug-likeness (QED) is 0.764. The Morgan fingerprint density at radius 1 is 1.25 bits per heavy atom. The second-order valence-corrected chi connectivity index (χ2v) is 4.27. The highest BCUT2D eigenvalue weighted by Gasteiger charge is 2.28. The lowest BCUT2D eigenvalue weighted by Crippen LogP contribution is -2.37. The van der Waals surface area contributed by atoms with E-state index in [1.807, 2.05) is 7.05 Å². The standard InChI is InChI=1S/C14H23NO/c1-4-14(12-15-2,10-11-16-3)13-8-6-5-7-9-13/h5-9,15H,4,10-12H2,1-3H3. The number of rotatable bonds is 7. The third-order valence-corrected chi connectivity index (χ3v) is 3.36. The van der Waals surface area contributed by atoms with Gasteiger partial charge >= 0.3 is 0 Å². The molecule has 0 heterocycles. The van der Waals surface area contributed by atoms with Crippen LogP contribution >= 0.6 is 0 Å². The Kier molecular flexibility index (Phi) is 5.50. The summed E-state index contributed by atoms with van der Waals surface area (Å²) in [6, 6.07) is 10.7. The predicted octanol–water partition coefficient (Wildman–Crippen LogP) is 2.59. The maximum atomic E-state index is 5.24. The van der Waals surface area contributed by atoms with Crippen molar-refractivity contribution in [2.75, 3.05) is 27.3 Å². The first-order valence-corrected chi connectivity index (χ1v) is 5.98. The molecular formula is C14H23NO. The van der Waals surface area contributed by atoms with Crippen LogP contribution in [0, 0.1) is 0 Å². The molecular weight excluding hydrogens is 198 g/mol. The zero-order chi connectivity index (χ0) is 11.9. The fraction of sp³-hybridized carbons (Fsp3) is 0.571. The van der Waals surface area contributed by atoms with Crippen LogP contribution in [0.1, 0.15) is 25.3 Å². The average molecular weight is 221 g/mol. The van der Waals surface area contributed by atoms with E-state index in [1.165, 1.54) is 5.56 Å². The van der Waals surface area contributed by atoms with Crippen molar-refractivity contribution >= 4 is 0 Å². The Hall–Kier alpha value is -0.860. The molecule has 0 bridgehead atoms. The topological polar surface area (TPSA) is 21.3 Å². The second-order valence-electron chi connectivity index (χ2n) is 4.27. The van der Waals surface area contributed by atoms with Crippen LogP contribution in [-0.2, 0) is 10.2 Å². The Morgan fingerprint density at radius 2 is 1.94 bits per heavy atom. The highest BCUT2D eigenvalue weighted by Crippen LogP contribution is 2.31. The molecule has 0 amide bonds. The van der Waals surface area contributed by atoms with Gasteiger partial charge in [-0.05, 0) is 25.5 Å². The number of methoxy groups -OCH3 is 1. The summed E-state index contributed by atoms with van der Waals surface area (Å²) in [6.07, 6.45) is 2.19. The van der Waals surface area contributed by atoms with Crippen LogP contribution in [0.4, 0.5) is 0 Å². The van der Waals surface area contributed by atoms with Crippen molar-refractivity contribution in [3.05, 3.63) is 35.9 Å². The third-order valence-electron chi connectivity index (χ3n) is 3.36. The zero-order valence-corrected chi connectivity index (χ0v) is 10.6. The van der Waals surface area contributed by atoms with Gasteiger partial charge in [0.25, 0.3) is 0 Å². The molecule has 0 aliphatic heterocycles. The normalized spacial score (nSPS) is 14.7. The highest BCUT2D eigenvalue weighted by molar-refractivity contribution is 5.25. The molecule has 1 N–H and O–H groups in total. The molecule has 90 valence electrons. The summed E-state index contributed by atoms with van der Waals surface area (Å²) in [5.74, 6) is 0. The number of hydrogen-bond donors (Lipinski definition) is 1. The van der Waals surface area contributed by atoms with E-state index in [0.29, 0.717) is 0 Å². The summed E-state index contributed by atoms with van der Waals surface area (Å²) in [5.41, 5.74) is 1.61. The molecule has 1 aromatic carbocycles. The third kappa shape index (κ3) is 3.06. The maximum Gasteiger partial charge on any atom is 0.0471 e. The lowest BCUT2D eigenvalue weighted by Gasteiger charge is -2.33. The zero-order valence-electron chi connectivity index (χ0n) is 10.6. The monoisotopic (exact) mass is 221 g/mol. The van der Waals surface area contributed by atoms with Crippen LogP contribution in [0.2, 0.25) is 0 Å². The fourth-order valence-corrected chi connectivity index (χ4v) is 2.27. The van der Waals surface area contributed by atoms with Gasteiger partial charge in [-0.25, -0.2) is 0 Å². The molecule has 0 saturated carbocycles. The van der Waals surface area contributed by atoms with Crippen molar-refractivity contribution in [2.24, 2.45) is 0 Å². The van der Waals surface area contributed by atoms with Crippen molar-refractivity contribution in [3.63, 3.8) is 0 Å². The van der Waals surface area contributed by atoms with Gasteiger partial charge in [0.2, 0.25) is 0 Å². The molecule has 0 fully saturated rings. The number of likely N-dealkylation sites (N-methyl/N-ethyl adjacent to an activating group) is 1. The van der Waals surface area contributed by atoms with Crippen LogP contribution in [0.25, 0.3) is 0 Å². The summed E-state index contributed by atoms with van der Waals surface area (Å²) in [5, 5.41) is 3.31. The molecule has 0 radical (unpaired) electrons. The fourth-order valence-electron chi connectivity index (χ4n) is 2.27. The van der Waals surface area contributed by atoms with Gasteiger partial charge in [-0.3, -0.25) is 0 Å². The highest BCUT2D eigenvalue weighted by atomic mass is 16.5. The van der Waals surface area contributed by atoms with E-state index in [0.717, 1.165) is 26.0 Å². The summed E-state index contributed by atoms with van der Waals surface area (Å²) in [7, 11) is 3.78. The second kappa shape index (κ2) is 6.66. The lowest BCUT2D eigenvalue weighted by atomic mass is 9.75. The van der Waals surface area contributed by atoms with Crippen molar-refractivity contribution in [1.82, 2.24) is 5.32 Å². The van der Waals surface area contributed by atoms with Gasteiger partial charge in [0.1, 0.15) is 0 Å². The molecule has 0 aromatic heterocycles. The maximum absolute atomic E-state index is 5.24. The van der Waals surface area contributed by atoms with Gasteiger partial charge in [0.05, 0.1) is 0 Å². The first kappa shape index (κ1) is 13.2. The summed E-state index contributed by atoms with van der Waals surface area (Å²) < 4.78 is 5.24. The van der Waals surface area contributed by atoms with E-state index < -0.39 is 0 Å². The van der Waals surface area contributed by atoms with E-state index in [2.05, 4.69) is 42.6 Å². The molecule has 1 atom stereocenters. The van der Waals surface area contributed by atoms with E-state index in [1.54, 1.807) is 7.11 Å². The van der Waals surface area contributed by atoms with Gasteiger partial charge < -0.3 is 10.1 Å². The van der Waals surface area contributed by atoms with Crippen LogP contribution in [0.3, 0.4) is 0 Å². The number of benzene rings is 1. The molecule has 0 saturated heterocycles. The summed E-state index contributed by atoms with van der Waals surface area (Å²) in [4.78, 5) is 0. The van der Waals surface area contributed by atoms with E-state index in [4.69, 9.17) is 4.74 Å². The SMILES string of the molecule is CCC(CCOC)(CNC)c1ccccc1. The largest absolute Gasteiger partial charge is 0.385 e. The van der Waals surface area contributed by atoms with Gasteiger partial charge in [-0.1, -0.05) is 37.3 Å². The van der Waals surface area contributed by atoms with E-state index >= 15 is 0 Å². The summed E-state index contributed by atoms with van der Waals surface area (Å²) >= 11 is 0. The predicted molar refractivity (Wildman–Crippen MR) is 68.8 cm³/mol. The molecule has 0 aliphatic rings. The summed E-state index contributed by atoms with van der Waals surface area (Å²) in [6.45, 7) is 4.06. The Bertz CT molecular complexity index is 286. The van der Waals surface area contributed by atoms with Gasteiger partial charge in [0.15, 0.2) is 0 Å². The molecule has 1 unspecified atom stereocenters. The Labute approximate surface area is 99.0 Å². The van der Waals surface area contributed by atoms with Crippen molar-refractivity contribution in [2.45, 2.75) is 25.2 Å². The first-order chi connectivity index (χ1) is 7.79. The van der Waals surface area contributed by atoms with Crippen LogP contribution < -0.4 is 5.32 Å². The minimum absolute atomic E-state index is 0.200. The molecule has 16 heavy (non-hydrogen) atoms. The minimum atomic E-state index is 0.200. The number of ether oxygens (including phenoxy) is 1. The lowest BCUT2D eigenvalue weighted by molar-refractivity contribution is 0.163. The van der Waals surface area contributed by atoms with Crippen LogP contribution in [0.15, 0.2) is 30.3 Å². The number of hydrogen-bond acceptors (Lipinski definition) is 2. The first-order valence-electron chi connectivity index (χ1n) is 5.98. The molecule has 1 aromatic rings.